The van der Waals surface area contributed by atoms with E-state index in [1.54, 1.807) is 6.92 Å². The summed E-state index contributed by atoms with van der Waals surface area (Å²) in [5.74, 6) is -0.109. The van der Waals surface area contributed by atoms with Gasteiger partial charge in [-0.25, -0.2) is 0 Å². The average Bonchev–Trinajstić information content (AvgIpc) is 2.73. The fraction of sp³-hybridized carbons (Fsp3) is 0.889. The quantitative estimate of drug-likeness (QED) is 0.643. The Morgan fingerprint density at radius 3 is 2.08 bits per heavy atom. The summed E-state index contributed by atoms with van der Waals surface area (Å²) in [4.78, 5) is 10.5. The molecule has 0 unspecified atom stereocenters. The van der Waals surface area contributed by atoms with Gasteiger partial charge >= 0.3 is 5.97 Å². The molecule has 12 heavy (non-hydrogen) atoms. The summed E-state index contributed by atoms with van der Waals surface area (Å²) in [5, 5.41) is 8.17. The molecule has 0 aromatic rings. The van der Waals surface area contributed by atoms with E-state index in [1.807, 2.05) is 13.8 Å². The van der Waals surface area contributed by atoms with Crippen LogP contribution in [0.15, 0.2) is 0 Å². The van der Waals surface area contributed by atoms with E-state index in [1.165, 1.54) is 0 Å². The first kappa shape index (κ1) is 11.4. The zero-order valence-corrected chi connectivity index (χ0v) is 8.04. The van der Waals surface area contributed by atoms with Crippen LogP contribution in [0.4, 0.5) is 0 Å². The third-order valence-electron chi connectivity index (χ3n) is 1.30. The molecule has 1 saturated carbocycles. The van der Waals surface area contributed by atoms with Gasteiger partial charge in [-0.05, 0) is 19.8 Å². The zero-order chi connectivity index (χ0) is 9.56. The lowest BCUT2D eigenvalue weighted by Gasteiger charge is -2.01. The maximum atomic E-state index is 10.5. The van der Waals surface area contributed by atoms with E-state index in [4.69, 9.17) is 5.11 Å². The Kier molecular flexibility index (Phi) is 5.72. The molecule has 3 heteroatoms. The highest BCUT2D eigenvalue weighted by Crippen LogP contribution is 2.16. The number of ether oxygens (including phenoxy) is 1. The number of esters is 1. The molecule has 0 spiro atoms. The molecule has 1 aliphatic rings. The fourth-order valence-electron chi connectivity index (χ4n) is 0.383. The van der Waals surface area contributed by atoms with Crippen molar-refractivity contribution >= 4 is 5.97 Å². The van der Waals surface area contributed by atoms with E-state index in [0.717, 1.165) is 12.8 Å². The maximum Gasteiger partial charge on any atom is 0.308 e. The molecule has 1 N–H and O–H groups in total. The lowest BCUT2D eigenvalue weighted by molar-refractivity contribution is -0.146. The van der Waals surface area contributed by atoms with Crippen molar-refractivity contribution in [3.63, 3.8) is 0 Å². The highest BCUT2D eigenvalue weighted by molar-refractivity contribution is 5.71. The molecule has 0 atom stereocenters. The van der Waals surface area contributed by atoms with Gasteiger partial charge in [0, 0.05) is 0 Å². The summed E-state index contributed by atoms with van der Waals surface area (Å²) >= 11 is 0. The lowest BCUT2D eigenvalue weighted by Crippen LogP contribution is -2.10. The molecule has 72 valence electrons. The summed E-state index contributed by atoms with van der Waals surface area (Å²) in [6.45, 7) is 5.92. The van der Waals surface area contributed by atoms with Crippen LogP contribution in [0.5, 0.6) is 0 Å². The molecule has 1 fully saturated rings. The molecule has 0 saturated heterocycles. The van der Waals surface area contributed by atoms with Gasteiger partial charge in [0.25, 0.3) is 0 Å². The van der Waals surface area contributed by atoms with Gasteiger partial charge in [0.1, 0.15) is 0 Å². The van der Waals surface area contributed by atoms with Crippen LogP contribution in [0.3, 0.4) is 0 Å². The normalized spacial score (nSPS) is 15.1. The van der Waals surface area contributed by atoms with Crippen molar-refractivity contribution in [2.24, 2.45) is 5.92 Å². The van der Waals surface area contributed by atoms with Gasteiger partial charge in [-0.3, -0.25) is 4.79 Å². The minimum atomic E-state index is -0.118. The topological polar surface area (TPSA) is 46.5 Å². The molecule has 1 rings (SSSR count). The van der Waals surface area contributed by atoms with Crippen LogP contribution in [-0.2, 0) is 9.53 Å². The first-order chi connectivity index (χ1) is 5.57. The van der Waals surface area contributed by atoms with E-state index < -0.39 is 0 Å². The number of rotatable bonds is 2. The van der Waals surface area contributed by atoms with Crippen molar-refractivity contribution in [2.45, 2.75) is 39.7 Å². The Bertz CT molecular complexity index is 128. The second kappa shape index (κ2) is 6.00. The van der Waals surface area contributed by atoms with Gasteiger partial charge in [-0.15, -0.1) is 0 Å². The Balaban J connectivity index is 0.000000247. The van der Waals surface area contributed by atoms with Gasteiger partial charge in [-0.1, -0.05) is 13.8 Å². The number of carbonyl (C=O) groups excluding carboxylic acids is 1. The summed E-state index contributed by atoms with van der Waals surface area (Å²) < 4.78 is 4.66. The molecular formula is C9H18O3. The van der Waals surface area contributed by atoms with Crippen LogP contribution in [0, 0.1) is 5.92 Å². The second-order valence-corrected chi connectivity index (χ2v) is 3.14. The van der Waals surface area contributed by atoms with Crippen LogP contribution >= 0.6 is 0 Å². The third kappa shape index (κ3) is 7.54. The molecule has 0 aliphatic heterocycles. The van der Waals surface area contributed by atoms with Crippen molar-refractivity contribution in [1.82, 2.24) is 0 Å². The number of carbonyl (C=O) groups is 1. The van der Waals surface area contributed by atoms with Crippen LogP contribution in [0.1, 0.15) is 33.6 Å². The van der Waals surface area contributed by atoms with E-state index >= 15 is 0 Å². The number of hydrogen-bond acceptors (Lipinski definition) is 3. The summed E-state index contributed by atoms with van der Waals surface area (Å²) in [5.41, 5.74) is 0. The van der Waals surface area contributed by atoms with Gasteiger partial charge in [0.2, 0.25) is 0 Å². The highest BCUT2D eigenvalue weighted by Gasteiger charge is 2.15. The highest BCUT2D eigenvalue weighted by atomic mass is 16.5. The van der Waals surface area contributed by atoms with Gasteiger partial charge < -0.3 is 9.84 Å². The SMILES string of the molecule is CCOC(=O)C(C)C.OC1CC1. The molecular weight excluding hydrogens is 156 g/mol. The molecule has 0 heterocycles. The van der Waals surface area contributed by atoms with E-state index in [0.29, 0.717) is 6.61 Å². The Labute approximate surface area is 73.7 Å². The Morgan fingerprint density at radius 1 is 1.58 bits per heavy atom. The summed E-state index contributed by atoms with van der Waals surface area (Å²) in [6.07, 6.45) is 2.17. The largest absolute Gasteiger partial charge is 0.466 e. The smallest absolute Gasteiger partial charge is 0.308 e. The average molecular weight is 174 g/mol. The van der Waals surface area contributed by atoms with Gasteiger partial charge in [-0.2, -0.15) is 0 Å². The molecule has 0 amide bonds. The Morgan fingerprint density at radius 2 is 2.00 bits per heavy atom. The monoisotopic (exact) mass is 174 g/mol. The standard InChI is InChI=1S/C6H12O2.C3H6O/c1-4-8-6(7)5(2)3;4-3-1-2-3/h5H,4H2,1-3H3;3-4H,1-2H2. The zero-order valence-electron chi connectivity index (χ0n) is 8.04. The predicted octanol–water partition coefficient (Wildman–Crippen LogP) is 1.35. The van der Waals surface area contributed by atoms with E-state index in [9.17, 15) is 4.79 Å². The summed E-state index contributed by atoms with van der Waals surface area (Å²) in [7, 11) is 0. The predicted molar refractivity (Wildman–Crippen MR) is 46.7 cm³/mol. The van der Waals surface area contributed by atoms with E-state index in [2.05, 4.69) is 4.74 Å². The van der Waals surface area contributed by atoms with Crippen molar-refractivity contribution < 1.29 is 14.6 Å². The van der Waals surface area contributed by atoms with Crippen molar-refractivity contribution in [1.29, 1.82) is 0 Å². The molecule has 0 aromatic carbocycles. The molecule has 0 aromatic heterocycles. The Hall–Kier alpha value is -0.570. The van der Waals surface area contributed by atoms with Crippen LogP contribution < -0.4 is 0 Å². The van der Waals surface area contributed by atoms with Crippen molar-refractivity contribution in [2.75, 3.05) is 6.61 Å². The number of aliphatic hydroxyl groups is 1. The minimum absolute atomic E-state index is 0.00921. The van der Waals surface area contributed by atoms with Crippen molar-refractivity contribution in [3.05, 3.63) is 0 Å². The summed E-state index contributed by atoms with van der Waals surface area (Å²) in [6, 6.07) is 0. The third-order valence-corrected chi connectivity index (χ3v) is 1.30. The lowest BCUT2D eigenvalue weighted by atomic mass is 10.2. The minimum Gasteiger partial charge on any atom is -0.466 e. The number of aliphatic hydroxyl groups excluding tert-OH is 1. The maximum absolute atomic E-state index is 10.5. The van der Waals surface area contributed by atoms with Crippen LogP contribution in [-0.4, -0.2) is 23.8 Å². The first-order valence-corrected chi connectivity index (χ1v) is 4.42. The molecule has 3 nitrogen and oxygen atoms in total. The second-order valence-electron chi connectivity index (χ2n) is 3.14. The molecule has 0 radical (unpaired) electrons. The van der Waals surface area contributed by atoms with Gasteiger partial charge in [0.15, 0.2) is 0 Å². The number of hydrogen-bond donors (Lipinski definition) is 1. The molecule has 1 aliphatic carbocycles. The molecule has 0 bridgehead atoms. The van der Waals surface area contributed by atoms with Gasteiger partial charge in [0.05, 0.1) is 18.6 Å². The van der Waals surface area contributed by atoms with Crippen LogP contribution in [0.25, 0.3) is 0 Å². The fourth-order valence-corrected chi connectivity index (χ4v) is 0.383. The van der Waals surface area contributed by atoms with Crippen molar-refractivity contribution in [3.8, 4) is 0 Å². The van der Waals surface area contributed by atoms with E-state index in [-0.39, 0.29) is 18.0 Å². The first-order valence-electron chi connectivity index (χ1n) is 4.42. The van der Waals surface area contributed by atoms with Crippen LogP contribution in [0.2, 0.25) is 0 Å².